The lowest BCUT2D eigenvalue weighted by molar-refractivity contribution is 0.156. The van der Waals surface area contributed by atoms with Crippen LogP contribution in [-0.2, 0) is 10.0 Å². The molecule has 136 valence electrons. The zero-order valence-corrected chi connectivity index (χ0v) is 15.6. The summed E-state index contributed by atoms with van der Waals surface area (Å²) in [5, 5.41) is 3.35. The first-order valence-corrected chi connectivity index (χ1v) is 10.9. The number of benzene rings is 1. The summed E-state index contributed by atoms with van der Waals surface area (Å²) in [5.74, 6) is 0.617. The van der Waals surface area contributed by atoms with Crippen LogP contribution in [0.3, 0.4) is 0 Å². The minimum absolute atomic E-state index is 0.183. The summed E-state index contributed by atoms with van der Waals surface area (Å²) < 4.78 is 32.0. The first kappa shape index (κ1) is 18.9. The van der Waals surface area contributed by atoms with Gasteiger partial charge in [0.2, 0.25) is 10.0 Å². The molecule has 0 radical (unpaired) electrons. The van der Waals surface area contributed by atoms with Crippen LogP contribution in [0.1, 0.15) is 58.3 Å². The summed E-state index contributed by atoms with van der Waals surface area (Å²) in [4.78, 5) is 0. The maximum Gasteiger partial charge on any atom is 0.229 e. The Labute approximate surface area is 146 Å². The Kier molecular flexibility index (Phi) is 7.21. The van der Waals surface area contributed by atoms with Crippen molar-refractivity contribution >= 4 is 21.4 Å². The number of nitrogens with one attached hydrogen (secondary N) is 2. The molecule has 0 aromatic heterocycles. The Bertz CT molecular complexity index is 611. The summed E-state index contributed by atoms with van der Waals surface area (Å²) in [5.41, 5.74) is 1.43. The minimum atomic E-state index is -3.34. The second kappa shape index (κ2) is 9.16. The fourth-order valence-corrected chi connectivity index (χ4v) is 3.55. The third-order valence-electron chi connectivity index (χ3n) is 4.23. The van der Waals surface area contributed by atoms with Crippen molar-refractivity contribution in [2.24, 2.45) is 0 Å². The van der Waals surface area contributed by atoms with Crippen molar-refractivity contribution in [3.05, 3.63) is 18.2 Å². The van der Waals surface area contributed by atoms with Gasteiger partial charge in [0.05, 0.1) is 18.0 Å². The van der Waals surface area contributed by atoms with E-state index in [2.05, 4.69) is 17.0 Å². The number of hydrogen-bond acceptors (Lipinski definition) is 4. The number of anilines is 2. The van der Waals surface area contributed by atoms with Crippen LogP contribution in [0.15, 0.2) is 18.2 Å². The van der Waals surface area contributed by atoms with Gasteiger partial charge in [-0.3, -0.25) is 4.72 Å². The topological polar surface area (TPSA) is 67.4 Å². The highest BCUT2D eigenvalue weighted by atomic mass is 32.2. The highest BCUT2D eigenvalue weighted by Crippen LogP contribution is 2.32. The van der Waals surface area contributed by atoms with Gasteiger partial charge in [-0.05, 0) is 50.3 Å². The van der Waals surface area contributed by atoms with E-state index in [1.807, 2.05) is 18.2 Å². The fraction of sp³-hybridized carbons (Fsp3) is 0.667. The molecule has 2 N–H and O–H groups in total. The molecule has 1 fully saturated rings. The van der Waals surface area contributed by atoms with Gasteiger partial charge in [0.25, 0.3) is 0 Å². The van der Waals surface area contributed by atoms with E-state index in [-0.39, 0.29) is 6.10 Å². The SMILES string of the molecule is CCCCCNc1ccc(OC2CCCCC2)c(NS(C)(=O)=O)c1. The number of unbranched alkanes of at least 4 members (excludes halogenated alkanes) is 2. The van der Waals surface area contributed by atoms with Gasteiger partial charge < -0.3 is 10.1 Å². The molecule has 1 aliphatic carbocycles. The van der Waals surface area contributed by atoms with Gasteiger partial charge in [-0.1, -0.05) is 26.2 Å². The first-order chi connectivity index (χ1) is 11.5. The highest BCUT2D eigenvalue weighted by Gasteiger charge is 2.18. The number of rotatable bonds is 9. The van der Waals surface area contributed by atoms with Crippen LogP contribution in [0.5, 0.6) is 5.75 Å². The predicted molar refractivity (Wildman–Crippen MR) is 100 cm³/mol. The third kappa shape index (κ3) is 6.59. The smallest absolute Gasteiger partial charge is 0.229 e. The lowest BCUT2D eigenvalue weighted by atomic mass is 9.98. The lowest BCUT2D eigenvalue weighted by Crippen LogP contribution is -2.21. The molecule has 2 rings (SSSR count). The molecule has 0 amide bonds. The van der Waals surface area contributed by atoms with Crippen molar-refractivity contribution in [1.82, 2.24) is 0 Å². The van der Waals surface area contributed by atoms with Gasteiger partial charge >= 0.3 is 0 Å². The van der Waals surface area contributed by atoms with Crippen LogP contribution in [0.25, 0.3) is 0 Å². The van der Waals surface area contributed by atoms with Crippen LogP contribution in [-0.4, -0.2) is 27.3 Å². The quantitative estimate of drug-likeness (QED) is 0.646. The molecule has 1 saturated carbocycles. The van der Waals surface area contributed by atoms with Crippen molar-refractivity contribution in [1.29, 1.82) is 0 Å². The van der Waals surface area contributed by atoms with Crippen molar-refractivity contribution in [2.45, 2.75) is 64.4 Å². The molecule has 0 spiro atoms. The summed E-state index contributed by atoms with van der Waals surface area (Å²) in [6.07, 6.45) is 10.5. The molecule has 0 saturated heterocycles. The molecular formula is C18H30N2O3S. The molecule has 1 aromatic rings. The Morgan fingerprint density at radius 1 is 1.17 bits per heavy atom. The Hall–Kier alpha value is -1.43. The lowest BCUT2D eigenvalue weighted by Gasteiger charge is -2.24. The maximum atomic E-state index is 11.7. The van der Waals surface area contributed by atoms with Crippen molar-refractivity contribution < 1.29 is 13.2 Å². The molecule has 0 atom stereocenters. The molecule has 6 heteroatoms. The van der Waals surface area contributed by atoms with E-state index in [1.165, 1.54) is 38.4 Å². The van der Waals surface area contributed by atoms with Gasteiger partial charge in [0, 0.05) is 12.2 Å². The average Bonchev–Trinajstić information content (AvgIpc) is 2.53. The monoisotopic (exact) mass is 354 g/mol. The summed E-state index contributed by atoms with van der Waals surface area (Å²) in [6.45, 7) is 3.06. The molecule has 0 aliphatic heterocycles. The van der Waals surface area contributed by atoms with Gasteiger partial charge in [0.1, 0.15) is 5.75 Å². The standard InChI is InChI=1S/C18H30N2O3S/c1-3-4-8-13-19-15-11-12-18(17(14-15)20-24(2,21)22)23-16-9-6-5-7-10-16/h11-12,14,16,19-20H,3-10,13H2,1-2H3. The molecular weight excluding hydrogens is 324 g/mol. The van der Waals surface area contributed by atoms with Crippen LogP contribution in [0.2, 0.25) is 0 Å². The van der Waals surface area contributed by atoms with Gasteiger partial charge in [-0.15, -0.1) is 0 Å². The zero-order chi connectivity index (χ0) is 17.4. The van der Waals surface area contributed by atoms with Crippen LogP contribution >= 0.6 is 0 Å². The van der Waals surface area contributed by atoms with Crippen LogP contribution in [0.4, 0.5) is 11.4 Å². The zero-order valence-electron chi connectivity index (χ0n) is 14.8. The van der Waals surface area contributed by atoms with E-state index in [0.29, 0.717) is 11.4 Å². The van der Waals surface area contributed by atoms with E-state index in [4.69, 9.17) is 4.74 Å². The summed E-state index contributed by atoms with van der Waals surface area (Å²) in [7, 11) is -3.34. The fourth-order valence-electron chi connectivity index (χ4n) is 2.99. The number of hydrogen-bond donors (Lipinski definition) is 2. The molecule has 1 aromatic carbocycles. The van der Waals surface area contributed by atoms with E-state index >= 15 is 0 Å². The molecule has 24 heavy (non-hydrogen) atoms. The second-order valence-corrected chi connectivity index (χ2v) is 8.35. The minimum Gasteiger partial charge on any atom is -0.488 e. The van der Waals surface area contributed by atoms with Crippen molar-refractivity contribution in [2.75, 3.05) is 22.8 Å². The maximum absolute atomic E-state index is 11.7. The Balaban J connectivity index is 2.09. The first-order valence-electron chi connectivity index (χ1n) is 9.00. The predicted octanol–water partition coefficient (Wildman–Crippen LogP) is 4.37. The number of ether oxygens (including phenoxy) is 1. The van der Waals surface area contributed by atoms with Gasteiger partial charge in [-0.25, -0.2) is 8.42 Å². The van der Waals surface area contributed by atoms with E-state index in [0.717, 1.165) is 31.5 Å². The molecule has 1 aliphatic rings. The second-order valence-electron chi connectivity index (χ2n) is 6.60. The number of sulfonamides is 1. The van der Waals surface area contributed by atoms with E-state index in [9.17, 15) is 8.42 Å². The van der Waals surface area contributed by atoms with Crippen molar-refractivity contribution in [3.63, 3.8) is 0 Å². The van der Waals surface area contributed by atoms with E-state index in [1.54, 1.807) is 0 Å². The molecule has 0 heterocycles. The average molecular weight is 355 g/mol. The Morgan fingerprint density at radius 3 is 2.58 bits per heavy atom. The van der Waals surface area contributed by atoms with Crippen LogP contribution in [0, 0.1) is 0 Å². The van der Waals surface area contributed by atoms with E-state index < -0.39 is 10.0 Å². The van der Waals surface area contributed by atoms with Gasteiger partial charge in [0.15, 0.2) is 0 Å². The third-order valence-corrected chi connectivity index (χ3v) is 4.82. The van der Waals surface area contributed by atoms with Gasteiger partial charge in [-0.2, -0.15) is 0 Å². The normalized spacial score (nSPS) is 15.9. The highest BCUT2D eigenvalue weighted by molar-refractivity contribution is 7.92. The molecule has 5 nitrogen and oxygen atoms in total. The van der Waals surface area contributed by atoms with Crippen molar-refractivity contribution in [3.8, 4) is 5.75 Å². The summed E-state index contributed by atoms with van der Waals surface area (Å²) >= 11 is 0. The Morgan fingerprint density at radius 2 is 1.92 bits per heavy atom. The molecule has 0 unspecified atom stereocenters. The molecule has 0 bridgehead atoms. The summed E-state index contributed by atoms with van der Waals surface area (Å²) in [6, 6.07) is 5.65. The largest absolute Gasteiger partial charge is 0.488 e. The van der Waals surface area contributed by atoms with Crippen LogP contribution < -0.4 is 14.8 Å².